The average molecular weight is 516 g/mol. The van der Waals surface area contributed by atoms with Gasteiger partial charge in [-0.05, 0) is 38.3 Å². The third-order valence-corrected chi connectivity index (χ3v) is 5.35. The summed E-state index contributed by atoms with van der Waals surface area (Å²) < 4.78 is 11.4. The molecule has 2 heterocycles. The Morgan fingerprint density at radius 1 is 1.21 bits per heavy atom. The van der Waals surface area contributed by atoms with E-state index in [1.54, 1.807) is 0 Å². The van der Waals surface area contributed by atoms with Gasteiger partial charge in [-0.2, -0.15) is 0 Å². The summed E-state index contributed by atoms with van der Waals surface area (Å²) >= 11 is 0. The van der Waals surface area contributed by atoms with Crippen molar-refractivity contribution in [2.75, 3.05) is 46.4 Å². The van der Waals surface area contributed by atoms with E-state index < -0.39 is 0 Å². The van der Waals surface area contributed by atoms with Crippen molar-refractivity contribution in [3.63, 3.8) is 0 Å². The van der Waals surface area contributed by atoms with E-state index in [4.69, 9.17) is 9.47 Å². The van der Waals surface area contributed by atoms with Crippen LogP contribution in [-0.2, 0) is 22.6 Å². The molecule has 0 saturated carbocycles. The largest absolute Gasteiger partial charge is 0.379 e. The van der Waals surface area contributed by atoms with Gasteiger partial charge in [0.15, 0.2) is 5.96 Å². The van der Waals surface area contributed by atoms with Gasteiger partial charge in [0.25, 0.3) is 0 Å². The second-order valence-electron chi connectivity index (χ2n) is 8.66. The number of aliphatic imine (C=N–C) groups is 1. The van der Waals surface area contributed by atoms with Crippen LogP contribution in [0.15, 0.2) is 29.3 Å². The van der Waals surface area contributed by atoms with Crippen LogP contribution in [-0.4, -0.2) is 73.8 Å². The monoisotopic (exact) mass is 516 g/mol. The number of morpholine rings is 1. The molecule has 7 heteroatoms. The van der Waals surface area contributed by atoms with Crippen LogP contribution in [0.5, 0.6) is 0 Å². The fourth-order valence-corrected chi connectivity index (χ4v) is 3.82. The lowest BCUT2D eigenvalue weighted by molar-refractivity contribution is -0.0149. The summed E-state index contributed by atoms with van der Waals surface area (Å²) in [4.78, 5) is 9.47. The van der Waals surface area contributed by atoms with E-state index in [1.807, 2.05) is 7.05 Å². The molecule has 29 heavy (non-hydrogen) atoms. The Morgan fingerprint density at radius 2 is 1.93 bits per heavy atom. The summed E-state index contributed by atoms with van der Waals surface area (Å²) in [6, 6.07) is 9.21. The third-order valence-electron chi connectivity index (χ3n) is 5.35. The smallest absolute Gasteiger partial charge is 0.193 e. The minimum absolute atomic E-state index is 0. The highest BCUT2D eigenvalue weighted by atomic mass is 127. The summed E-state index contributed by atoms with van der Waals surface area (Å²) in [7, 11) is 1.87. The second kappa shape index (κ2) is 11.5. The number of hydrogen-bond donors (Lipinski definition) is 1. The van der Waals surface area contributed by atoms with Crippen molar-refractivity contribution in [2.24, 2.45) is 4.99 Å². The van der Waals surface area contributed by atoms with Crippen molar-refractivity contribution < 1.29 is 9.47 Å². The van der Waals surface area contributed by atoms with Crippen molar-refractivity contribution in [2.45, 2.75) is 52.0 Å². The molecule has 2 saturated heterocycles. The van der Waals surface area contributed by atoms with Crippen LogP contribution in [0.4, 0.5) is 0 Å². The summed E-state index contributed by atoms with van der Waals surface area (Å²) in [5, 5.41) is 3.54. The number of halogens is 1. The van der Waals surface area contributed by atoms with Gasteiger partial charge in [0.05, 0.1) is 25.4 Å². The molecule has 6 nitrogen and oxygen atoms in total. The van der Waals surface area contributed by atoms with Gasteiger partial charge in [0.1, 0.15) is 0 Å². The Morgan fingerprint density at radius 3 is 2.62 bits per heavy atom. The first kappa shape index (κ1) is 24.4. The van der Waals surface area contributed by atoms with Gasteiger partial charge in [-0.3, -0.25) is 9.89 Å². The Kier molecular flexibility index (Phi) is 9.65. The minimum atomic E-state index is -0.122. The van der Waals surface area contributed by atoms with Crippen LogP contribution in [0.25, 0.3) is 0 Å². The van der Waals surface area contributed by atoms with Crippen LogP contribution < -0.4 is 5.32 Å². The van der Waals surface area contributed by atoms with E-state index >= 15 is 0 Å². The zero-order valence-corrected chi connectivity index (χ0v) is 20.6. The molecule has 1 N–H and O–H groups in total. The number of likely N-dealkylation sites (tertiary alicyclic amines) is 1. The fraction of sp³-hybridized carbons (Fsp3) is 0.682. The molecule has 0 aromatic heterocycles. The Bertz CT molecular complexity index is 656. The molecule has 1 unspecified atom stereocenters. The molecule has 0 amide bonds. The zero-order chi connectivity index (χ0) is 20.0. The van der Waals surface area contributed by atoms with Gasteiger partial charge in [0, 0.05) is 45.8 Å². The minimum Gasteiger partial charge on any atom is -0.379 e. The van der Waals surface area contributed by atoms with E-state index in [2.05, 4.69) is 65.1 Å². The quantitative estimate of drug-likeness (QED) is 0.371. The number of nitrogens with one attached hydrogen (secondary N) is 1. The summed E-state index contributed by atoms with van der Waals surface area (Å²) in [6.07, 6.45) is 1.19. The molecule has 0 aliphatic carbocycles. The molecule has 2 fully saturated rings. The van der Waals surface area contributed by atoms with Gasteiger partial charge in [-0.1, -0.05) is 24.3 Å². The molecule has 2 aliphatic rings. The molecular formula is C22H37IN4O2. The van der Waals surface area contributed by atoms with Crippen LogP contribution in [0.2, 0.25) is 0 Å². The van der Waals surface area contributed by atoms with Gasteiger partial charge in [-0.25, -0.2) is 0 Å². The second-order valence-corrected chi connectivity index (χ2v) is 8.66. The van der Waals surface area contributed by atoms with E-state index in [9.17, 15) is 0 Å². The van der Waals surface area contributed by atoms with Crippen molar-refractivity contribution in [3.8, 4) is 0 Å². The number of benzene rings is 1. The maximum absolute atomic E-state index is 5.90. The normalized spacial score (nSPS) is 21.2. The van der Waals surface area contributed by atoms with E-state index in [1.165, 1.54) is 17.5 Å². The number of hydrogen-bond acceptors (Lipinski definition) is 4. The molecular weight excluding hydrogens is 479 g/mol. The molecule has 1 aromatic rings. The third kappa shape index (κ3) is 7.70. The average Bonchev–Trinajstić information content (AvgIpc) is 3.17. The molecule has 0 spiro atoms. The zero-order valence-electron chi connectivity index (χ0n) is 18.3. The van der Waals surface area contributed by atoms with Gasteiger partial charge in [-0.15, -0.1) is 24.0 Å². The van der Waals surface area contributed by atoms with E-state index in [-0.39, 0.29) is 29.6 Å². The van der Waals surface area contributed by atoms with Crippen LogP contribution >= 0.6 is 24.0 Å². The fourth-order valence-electron chi connectivity index (χ4n) is 3.82. The molecule has 1 aromatic carbocycles. The lowest BCUT2D eigenvalue weighted by Gasteiger charge is -2.32. The maximum Gasteiger partial charge on any atom is 0.193 e. The summed E-state index contributed by atoms with van der Waals surface area (Å²) in [5.74, 6) is 0.993. The van der Waals surface area contributed by atoms with Crippen molar-refractivity contribution in [1.82, 2.24) is 15.1 Å². The SMILES string of the molecule is CN=C(NCc1cccc(COC(C)(C)C)c1)N1CCC(N2CCOCC2)C1.I. The topological polar surface area (TPSA) is 49.3 Å². The highest BCUT2D eigenvalue weighted by Crippen LogP contribution is 2.17. The molecule has 164 valence electrons. The molecule has 3 rings (SSSR count). The molecule has 2 aliphatic heterocycles. The maximum atomic E-state index is 5.90. The number of guanidine groups is 1. The molecule has 0 radical (unpaired) electrons. The predicted octanol–water partition coefficient (Wildman–Crippen LogP) is 3.10. The van der Waals surface area contributed by atoms with Crippen LogP contribution in [0.1, 0.15) is 38.3 Å². The van der Waals surface area contributed by atoms with Crippen LogP contribution in [0.3, 0.4) is 0 Å². The number of rotatable bonds is 5. The summed E-state index contributed by atoms with van der Waals surface area (Å²) in [6.45, 7) is 13.6. The predicted molar refractivity (Wildman–Crippen MR) is 129 cm³/mol. The van der Waals surface area contributed by atoms with Gasteiger partial charge in [0.2, 0.25) is 0 Å². The standard InChI is InChI=1S/C22H36N4O2.HI/c1-22(2,3)28-17-19-7-5-6-18(14-19)15-24-21(23-4)26-9-8-20(16-26)25-10-12-27-13-11-25;/h5-7,14,20H,8-13,15-17H2,1-4H3,(H,23,24);1H. The Balaban J connectivity index is 0.00000300. The first-order valence-corrected chi connectivity index (χ1v) is 10.4. The molecule has 1 atom stereocenters. The van der Waals surface area contributed by atoms with Crippen molar-refractivity contribution in [1.29, 1.82) is 0 Å². The highest BCUT2D eigenvalue weighted by molar-refractivity contribution is 14.0. The lowest BCUT2D eigenvalue weighted by Crippen LogP contribution is -2.46. The Labute approximate surface area is 193 Å². The van der Waals surface area contributed by atoms with Crippen molar-refractivity contribution in [3.05, 3.63) is 35.4 Å². The van der Waals surface area contributed by atoms with Gasteiger partial charge >= 0.3 is 0 Å². The Hall–Kier alpha value is -0.900. The first-order chi connectivity index (χ1) is 13.4. The van der Waals surface area contributed by atoms with Crippen LogP contribution in [0, 0.1) is 0 Å². The van der Waals surface area contributed by atoms with E-state index in [0.717, 1.165) is 51.9 Å². The highest BCUT2D eigenvalue weighted by Gasteiger charge is 2.30. The van der Waals surface area contributed by atoms with E-state index in [0.29, 0.717) is 12.6 Å². The first-order valence-electron chi connectivity index (χ1n) is 10.4. The number of nitrogens with zero attached hydrogens (tertiary/aromatic N) is 3. The molecule has 0 bridgehead atoms. The lowest BCUT2D eigenvalue weighted by atomic mass is 10.1. The van der Waals surface area contributed by atoms with Gasteiger partial charge < -0.3 is 19.7 Å². The van der Waals surface area contributed by atoms with Crippen molar-refractivity contribution >= 4 is 29.9 Å². The number of ether oxygens (including phenoxy) is 2. The summed E-state index contributed by atoms with van der Waals surface area (Å²) in [5.41, 5.74) is 2.33.